The minimum atomic E-state index is -3.47. The molecule has 108 valence electrons. The van der Waals surface area contributed by atoms with Crippen LogP contribution in [0.1, 0.15) is 39.5 Å². The summed E-state index contributed by atoms with van der Waals surface area (Å²) < 4.78 is 25.7. The van der Waals surface area contributed by atoms with E-state index >= 15 is 0 Å². The molecule has 0 saturated heterocycles. The fourth-order valence-corrected chi connectivity index (χ4v) is 2.72. The fourth-order valence-electron chi connectivity index (χ4n) is 1.53. The first-order valence-corrected chi connectivity index (χ1v) is 7.76. The number of rotatable bonds is 10. The van der Waals surface area contributed by atoms with Gasteiger partial charge in [0.1, 0.15) is 0 Å². The van der Waals surface area contributed by atoms with Gasteiger partial charge in [-0.05, 0) is 19.3 Å². The summed E-state index contributed by atoms with van der Waals surface area (Å²) >= 11 is 0. The molecule has 7 heteroatoms. The van der Waals surface area contributed by atoms with Gasteiger partial charge in [-0.3, -0.25) is 4.79 Å². The largest absolute Gasteiger partial charge is 0.481 e. The highest BCUT2D eigenvalue weighted by molar-refractivity contribution is 7.89. The average molecular weight is 281 g/mol. The molecule has 0 aromatic heterocycles. The lowest BCUT2D eigenvalue weighted by molar-refractivity contribution is -0.137. The van der Waals surface area contributed by atoms with Crippen molar-refractivity contribution in [3.05, 3.63) is 0 Å². The van der Waals surface area contributed by atoms with Gasteiger partial charge in [0, 0.05) is 25.0 Å². The van der Waals surface area contributed by atoms with Crippen molar-refractivity contribution in [3.8, 4) is 0 Å². The zero-order valence-electron chi connectivity index (χ0n) is 11.0. The van der Waals surface area contributed by atoms with Crippen molar-refractivity contribution >= 4 is 16.0 Å². The van der Waals surface area contributed by atoms with Gasteiger partial charge < -0.3 is 10.2 Å². The molecule has 0 aliphatic heterocycles. The zero-order chi connectivity index (χ0) is 14.2. The second kappa shape index (κ2) is 7.70. The third-order valence-electron chi connectivity index (χ3n) is 3.31. The minimum absolute atomic E-state index is 0.0718. The number of hydrogen-bond donors (Lipinski definition) is 3. The van der Waals surface area contributed by atoms with Crippen molar-refractivity contribution in [2.75, 3.05) is 18.9 Å². The van der Waals surface area contributed by atoms with E-state index in [4.69, 9.17) is 5.11 Å². The molecule has 0 unspecified atom stereocenters. The smallest absolute Gasteiger partial charge is 0.303 e. The minimum Gasteiger partial charge on any atom is -0.481 e. The van der Waals surface area contributed by atoms with Gasteiger partial charge in [0.25, 0.3) is 0 Å². The predicted octanol–water partition coefficient (Wildman–Crippen LogP) is 0.569. The lowest BCUT2D eigenvalue weighted by Gasteiger charge is -2.29. The molecular weight excluding hydrogens is 258 g/mol. The van der Waals surface area contributed by atoms with Crippen LogP contribution in [0.3, 0.4) is 0 Å². The van der Waals surface area contributed by atoms with Crippen molar-refractivity contribution < 1.29 is 23.4 Å². The number of nitrogens with one attached hydrogen (secondary N) is 1. The summed E-state index contributed by atoms with van der Waals surface area (Å²) in [4.78, 5) is 10.3. The maximum Gasteiger partial charge on any atom is 0.303 e. The van der Waals surface area contributed by atoms with E-state index in [9.17, 15) is 18.3 Å². The number of aliphatic hydroxyl groups is 1. The molecule has 0 aliphatic rings. The molecule has 0 heterocycles. The first-order chi connectivity index (χ1) is 8.31. The second-order valence-corrected chi connectivity index (χ2v) is 6.43. The van der Waals surface area contributed by atoms with Crippen LogP contribution in [0, 0.1) is 5.41 Å². The van der Waals surface area contributed by atoms with Crippen LogP contribution in [-0.2, 0) is 14.8 Å². The maximum atomic E-state index is 11.6. The Morgan fingerprint density at radius 1 is 1.28 bits per heavy atom. The molecule has 0 bridgehead atoms. The van der Waals surface area contributed by atoms with E-state index in [1.165, 1.54) is 0 Å². The number of carboxylic acids is 1. The molecule has 0 radical (unpaired) electrons. The quantitative estimate of drug-likeness (QED) is 0.543. The van der Waals surface area contributed by atoms with Crippen molar-refractivity contribution in [1.82, 2.24) is 4.72 Å². The highest BCUT2D eigenvalue weighted by Gasteiger charge is 2.27. The Bertz CT molecular complexity index is 340. The summed E-state index contributed by atoms with van der Waals surface area (Å²) in [6, 6.07) is 0. The fraction of sp³-hybridized carbons (Fsp3) is 0.909. The second-order valence-electron chi connectivity index (χ2n) is 4.50. The Hall–Kier alpha value is -0.660. The van der Waals surface area contributed by atoms with E-state index in [0.29, 0.717) is 12.8 Å². The third kappa shape index (κ3) is 6.32. The van der Waals surface area contributed by atoms with Gasteiger partial charge in [-0.1, -0.05) is 13.8 Å². The monoisotopic (exact) mass is 281 g/mol. The van der Waals surface area contributed by atoms with Gasteiger partial charge >= 0.3 is 5.97 Å². The van der Waals surface area contributed by atoms with Crippen molar-refractivity contribution in [2.24, 2.45) is 5.41 Å². The van der Waals surface area contributed by atoms with Crippen LogP contribution >= 0.6 is 0 Å². The molecular formula is C11H23NO5S. The van der Waals surface area contributed by atoms with Crippen LogP contribution < -0.4 is 4.72 Å². The number of carbonyl (C=O) groups is 1. The number of aliphatic hydroxyl groups excluding tert-OH is 1. The van der Waals surface area contributed by atoms with E-state index in [0.717, 1.165) is 0 Å². The summed E-state index contributed by atoms with van der Waals surface area (Å²) in [5.41, 5.74) is -0.431. The van der Waals surface area contributed by atoms with E-state index in [1.807, 2.05) is 13.8 Å². The molecule has 6 nitrogen and oxygen atoms in total. The predicted molar refractivity (Wildman–Crippen MR) is 68.8 cm³/mol. The number of carboxylic acid groups (broad SMARTS) is 1. The van der Waals surface area contributed by atoms with E-state index < -0.39 is 21.4 Å². The topological polar surface area (TPSA) is 104 Å². The van der Waals surface area contributed by atoms with Gasteiger partial charge in [-0.25, -0.2) is 13.1 Å². The van der Waals surface area contributed by atoms with Gasteiger partial charge in [0.05, 0.1) is 5.75 Å². The van der Waals surface area contributed by atoms with Crippen LogP contribution in [0.25, 0.3) is 0 Å². The molecule has 3 N–H and O–H groups in total. The highest BCUT2D eigenvalue weighted by Crippen LogP contribution is 2.24. The van der Waals surface area contributed by atoms with E-state index in [1.54, 1.807) is 0 Å². The van der Waals surface area contributed by atoms with Crippen LogP contribution in [0.4, 0.5) is 0 Å². The summed E-state index contributed by atoms with van der Waals surface area (Å²) in [7, 11) is -3.47. The van der Waals surface area contributed by atoms with Gasteiger partial charge in [0.2, 0.25) is 10.0 Å². The number of aliphatic carboxylic acids is 1. The molecule has 0 spiro atoms. The molecule has 18 heavy (non-hydrogen) atoms. The summed E-state index contributed by atoms with van der Waals surface area (Å²) in [5.74, 6) is -1.20. The van der Waals surface area contributed by atoms with E-state index in [-0.39, 0.29) is 31.7 Å². The molecule has 0 rings (SSSR count). The molecule has 0 atom stereocenters. The Labute approximate surface area is 108 Å². The average Bonchev–Trinajstić information content (AvgIpc) is 2.31. The zero-order valence-corrected chi connectivity index (χ0v) is 11.8. The number of hydrogen-bond acceptors (Lipinski definition) is 4. The molecule has 0 amide bonds. The van der Waals surface area contributed by atoms with Gasteiger partial charge in [-0.2, -0.15) is 0 Å². The summed E-state index contributed by atoms with van der Waals surface area (Å²) in [6.45, 7) is 3.92. The van der Waals surface area contributed by atoms with Crippen LogP contribution in [-0.4, -0.2) is 43.5 Å². The SMILES string of the molecule is CCC(CC)(CO)CNS(=O)(=O)CCCC(=O)O. The van der Waals surface area contributed by atoms with Gasteiger partial charge in [0.15, 0.2) is 0 Å². The Balaban J connectivity index is 4.28. The van der Waals surface area contributed by atoms with Crippen molar-refractivity contribution in [2.45, 2.75) is 39.5 Å². The van der Waals surface area contributed by atoms with Gasteiger partial charge in [-0.15, -0.1) is 0 Å². The Morgan fingerprint density at radius 2 is 1.83 bits per heavy atom. The van der Waals surface area contributed by atoms with Crippen LogP contribution in [0.2, 0.25) is 0 Å². The standard InChI is InChI=1S/C11H23NO5S/c1-3-11(4-2,9-13)8-12-18(16,17)7-5-6-10(14)15/h12-13H,3-9H2,1-2H3,(H,14,15). The summed E-state index contributed by atoms with van der Waals surface area (Å²) in [6.07, 6.45) is 1.29. The van der Waals surface area contributed by atoms with Crippen LogP contribution in [0.5, 0.6) is 0 Å². The first-order valence-electron chi connectivity index (χ1n) is 6.11. The summed E-state index contributed by atoms with van der Waals surface area (Å²) in [5, 5.41) is 17.7. The molecule has 0 aromatic rings. The van der Waals surface area contributed by atoms with Crippen molar-refractivity contribution in [3.63, 3.8) is 0 Å². The normalized spacial score (nSPS) is 12.6. The lowest BCUT2D eigenvalue weighted by Crippen LogP contribution is -2.40. The molecule has 0 fully saturated rings. The van der Waals surface area contributed by atoms with Crippen molar-refractivity contribution in [1.29, 1.82) is 0 Å². The maximum absolute atomic E-state index is 11.6. The first kappa shape index (κ1) is 17.3. The highest BCUT2D eigenvalue weighted by atomic mass is 32.2. The third-order valence-corrected chi connectivity index (χ3v) is 4.72. The number of sulfonamides is 1. The van der Waals surface area contributed by atoms with Crippen LogP contribution in [0.15, 0.2) is 0 Å². The molecule has 0 aromatic carbocycles. The lowest BCUT2D eigenvalue weighted by atomic mass is 9.84. The van der Waals surface area contributed by atoms with E-state index in [2.05, 4.69) is 4.72 Å². The Morgan fingerprint density at radius 3 is 2.22 bits per heavy atom. The molecule has 0 saturated carbocycles. The molecule has 0 aliphatic carbocycles. The Kier molecular flexibility index (Phi) is 7.42.